The maximum absolute atomic E-state index is 6.71. The molecule has 0 atom stereocenters. The molecule has 0 aromatic heterocycles. The first kappa shape index (κ1) is 21.8. The van der Waals surface area contributed by atoms with Gasteiger partial charge in [-0.1, -0.05) is 12.2 Å². The molecule has 1 aliphatic heterocycles. The lowest BCUT2D eigenvalue weighted by molar-refractivity contribution is -0.0415. The zero-order valence-corrected chi connectivity index (χ0v) is 17.8. The summed E-state index contributed by atoms with van der Waals surface area (Å²) in [6.07, 6.45) is 6.10. The molecule has 0 unspecified atom stereocenters. The van der Waals surface area contributed by atoms with Gasteiger partial charge in [0.25, 0.3) is 0 Å². The van der Waals surface area contributed by atoms with E-state index in [0.29, 0.717) is 26.4 Å². The molecule has 1 aliphatic rings. The number of hydrogen-bond acceptors (Lipinski definition) is 5. The van der Waals surface area contributed by atoms with E-state index < -0.39 is 16.4 Å². The molecule has 0 amide bonds. The van der Waals surface area contributed by atoms with Gasteiger partial charge in [-0.25, -0.2) is 0 Å². The van der Waals surface area contributed by atoms with Gasteiger partial charge in [-0.3, -0.25) is 0 Å². The highest BCUT2D eigenvalue weighted by Gasteiger charge is 2.73. The molecule has 0 aromatic carbocycles. The van der Waals surface area contributed by atoms with Crippen molar-refractivity contribution in [3.8, 4) is 0 Å². The highest BCUT2D eigenvalue weighted by atomic mass is 29.3. The van der Waals surface area contributed by atoms with E-state index in [2.05, 4.69) is 13.2 Å². The average Bonchev–Trinajstić information content (AvgIpc) is 2.53. The standard InChI is InChI=1S/C17H34O5Si2/c1-7-13-17(14-8-2)15-16-23(18-9-3,19-10-4)24(22-17,20-11-5)21-12-6/h7-8H,1-2,9-16H2,3-6H3. The van der Waals surface area contributed by atoms with Crippen LogP contribution in [0.15, 0.2) is 25.3 Å². The van der Waals surface area contributed by atoms with Gasteiger partial charge in [-0.2, -0.15) is 0 Å². The summed E-state index contributed by atoms with van der Waals surface area (Å²) in [5, 5.41) is 0. The Bertz CT molecular complexity index is 380. The van der Waals surface area contributed by atoms with Gasteiger partial charge in [-0.15, -0.1) is 13.2 Å². The molecule has 1 heterocycles. The maximum atomic E-state index is 6.71. The minimum Gasteiger partial charge on any atom is -0.392 e. The summed E-state index contributed by atoms with van der Waals surface area (Å²) in [5.41, 5.74) is -0.384. The number of rotatable bonds is 12. The fourth-order valence-corrected chi connectivity index (χ4v) is 15.1. The minimum absolute atomic E-state index is 0.384. The fraction of sp³-hybridized carbons (Fsp3) is 0.765. The molecule has 1 saturated heterocycles. The van der Waals surface area contributed by atoms with Crippen LogP contribution in [0.4, 0.5) is 0 Å². The Balaban J connectivity index is 3.35. The van der Waals surface area contributed by atoms with E-state index in [1.807, 2.05) is 39.8 Å². The lowest BCUT2D eigenvalue weighted by Gasteiger charge is -2.51. The van der Waals surface area contributed by atoms with E-state index in [4.69, 9.17) is 22.1 Å². The van der Waals surface area contributed by atoms with E-state index in [1.54, 1.807) is 0 Å². The second-order valence-electron chi connectivity index (χ2n) is 5.81. The summed E-state index contributed by atoms with van der Waals surface area (Å²) in [4.78, 5) is 0. The Morgan fingerprint density at radius 1 is 0.875 bits per heavy atom. The summed E-state index contributed by atoms with van der Waals surface area (Å²) in [5.74, 6) is 0. The third-order valence-electron chi connectivity index (χ3n) is 4.18. The van der Waals surface area contributed by atoms with Gasteiger partial charge >= 0.3 is 16.4 Å². The van der Waals surface area contributed by atoms with Crippen LogP contribution in [0.1, 0.15) is 47.0 Å². The van der Waals surface area contributed by atoms with Crippen molar-refractivity contribution in [3.63, 3.8) is 0 Å². The Labute approximate surface area is 149 Å². The van der Waals surface area contributed by atoms with Crippen LogP contribution in [-0.2, 0) is 22.1 Å². The molecule has 0 aliphatic carbocycles. The van der Waals surface area contributed by atoms with Crippen molar-refractivity contribution in [1.29, 1.82) is 0 Å². The van der Waals surface area contributed by atoms with Crippen molar-refractivity contribution in [2.24, 2.45) is 0 Å². The first-order chi connectivity index (χ1) is 11.5. The van der Waals surface area contributed by atoms with Crippen LogP contribution >= 0.6 is 0 Å². The lowest BCUT2D eigenvalue weighted by atomic mass is 9.92. The van der Waals surface area contributed by atoms with Crippen LogP contribution in [-0.4, -0.2) is 48.4 Å². The van der Waals surface area contributed by atoms with Gasteiger partial charge < -0.3 is 22.1 Å². The first-order valence-corrected chi connectivity index (χ1v) is 13.8. The summed E-state index contributed by atoms with van der Waals surface area (Å²) >= 11 is 0. The predicted octanol–water partition coefficient (Wildman–Crippen LogP) is 3.90. The van der Waals surface area contributed by atoms with E-state index in [9.17, 15) is 0 Å². The van der Waals surface area contributed by atoms with Crippen LogP contribution in [0.3, 0.4) is 0 Å². The number of hydrogen-bond donors (Lipinski definition) is 0. The highest BCUT2D eigenvalue weighted by Crippen LogP contribution is 2.45. The average molecular weight is 375 g/mol. The third kappa shape index (κ3) is 4.46. The molecule has 0 bridgehead atoms. The van der Waals surface area contributed by atoms with Gasteiger partial charge in [0.15, 0.2) is 0 Å². The second kappa shape index (κ2) is 10.0. The normalized spacial score (nSPS) is 21.3. The molecule has 1 fully saturated rings. The molecule has 0 aromatic rings. The molecule has 0 N–H and O–H groups in total. The predicted molar refractivity (Wildman–Crippen MR) is 101 cm³/mol. The zero-order chi connectivity index (χ0) is 18.1. The summed E-state index contributed by atoms with van der Waals surface area (Å²) < 4.78 is 31.6. The van der Waals surface area contributed by atoms with Gasteiger partial charge in [0.05, 0.1) is 5.60 Å². The van der Waals surface area contributed by atoms with Gasteiger partial charge in [0.1, 0.15) is 0 Å². The zero-order valence-electron chi connectivity index (χ0n) is 15.8. The van der Waals surface area contributed by atoms with Crippen LogP contribution in [0, 0.1) is 0 Å². The molecule has 1 rings (SSSR count). The van der Waals surface area contributed by atoms with Crippen LogP contribution in [0.25, 0.3) is 0 Å². The first-order valence-electron chi connectivity index (χ1n) is 9.01. The van der Waals surface area contributed by atoms with Crippen LogP contribution < -0.4 is 0 Å². The Morgan fingerprint density at radius 2 is 1.33 bits per heavy atom. The van der Waals surface area contributed by atoms with Crippen molar-refractivity contribution in [1.82, 2.24) is 0 Å². The Morgan fingerprint density at radius 3 is 1.71 bits per heavy atom. The molecule has 5 nitrogen and oxygen atoms in total. The van der Waals surface area contributed by atoms with Crippen LogP contribution in [0.5, 0.6) is 0 Å². The van der Waals surface area contributed by atoms with Crippen molar-refractivity contribution in [2.75, 3.05) is 26.4 Å². The molecular weight excluding hydrogens is 340 g/mol. The van der Waals surface area contributed by atoms with E-state index >= 15 is 0 Å². The maximum Gasteiger partial charge on any atom is 0.539 e. The summed E-state index contributed by atoms with van der Waals surface area (Å²) in [6, 6.07) is 0.808. The molecule has 140 valence electrons. The van der Waals surface area contributed by atoms with Gasteiger partial charge in [-0.05, 0) is 53.0 Å². The van der Waals surface area contributed by atoms with Gasteiger partial charge in [0.2, 0.25) is 0 Å². The minimum atomic E-state index is -3.12. The lowest BCUT2D eigenvalue weighted by Crippen LogP contribution is -2.77. The Hall–Kier alpha value is -0.286. The van der Waals surface area contributed by atoms with Crippen molar-refractivity contribution in [3.05, 3.63) is 25.3 Å². The summed E-state index contributed by atoms with van der Waals surface area (Å²) in [6.45, 7) is 17.9. The largest absolute Gasteiger partial charge is 0.539 e. The van der Waals surface area contributed by atoms with E-state index in [1.165, 1.54) is 0 Å². The van der Waals surface area contributed by atoms with Crippen LogP contribution in [0.2, 0.25) is 6.04 Å². The SMILES string of the molecule is C=CCC1(CC=C)CC[Si](OCC)(OCC)[Si](OCC)(OCC)O1. The molecule has 24 heavy (non-hydrogen) atoms. The van der Waals surface area contributed by atoms with E-state index in [0.717, 1.165) is 25.3 Å². The van der Waals surface area contributed by atoms with Gasteiger partial charge in [0, 0.05) is 26.4 Å². The monoisotopic (exact) mass is 374 g/mol. The second-order valence-corrected chi connectivity index (χ2v) is 14.4. The quantitative estimate of drug-likeness (QED) is 0.383. The summed E-state index contributed by atoms with van der Waals surface area (Å²) in [7, 11) is -5.86. The molecule has 0 radical (unpaired) electrons. The molecule has 0 spiro atoms. The third-order valence-corrected chi connectivity index (χ3v) is 15.2. The smallest absolute Gasteiger partial charge is 0.392 e. The van der Waals surface area contributed by atoms with Crippen molar-refractivity contribution >= 4 is 16.4 Å². The fourth-order valence-electron chi connectivity index (χ4n) is 3.39. The topological polar surface area (TPSA) is 46.2 Å². The molecule has 0 saturated carbocycles. The van der Waals surface area contributed by atoms with Crippen molar-refractivity contribution < 1.29 is 22.1 Å². The molecule has 7 heteroatoms. The van der Waals surface area contributed by atoms with Crippen molar-refractivity contribution in [2.45, 2.75) is 58.6 Å². The molecular formula is C17H34O5Si2. The van der Waals surface area contributed by atoms with E-state index in [-0.39, 0.29) is 5.60 Å². The Kier molecular flexibility index (Phi) is 9.07. The highest BCUT2D eigenvalue weighted by molar-refractivity contribution is 7.29.